The summed E-state index contributed by atoms with van der Waals surface area (Å²) < 4.78 is 5.18. The zero-order chi connectivity index (χ0) is 19.8. The molecule has 0 aliphatic heterocycles. The van der Waals surface area contributed by atoms with Crippen molar-refractivity contribution in [2.24, 2.45) is 0 Å². The van der Waals surface area contributed by atoms with Crippen LogP contribution in [-0.4, -0.2) is 35.3 Å². The number of benzene rings is 2. The summed E-state index contributed by atoms with van der Waals surface area (Å²) in [6.45, 7) is -0.397. The lowest BCUT2D eigenvalue weighted by molar-refractivity contribution is -0.144. The highest BCUT2D eigenvalue weighted by Crippen LogP contribution is 2.07. The van der Waals surface area contributed by atoms with Crippen LogP contribution in [0.4, 0.5) is 0 Å². The van der Waals surface area contributed by atoms with Gasteiger partial charge in [0.1, 0.15) is 6.04 Å². The van der Waals surface area contributed by atoms with E-state index in [9.17, 15) is 14.4 Å². The number of esters is 1. The fraction of sp³-hybridized carbons (Fsp3) is 0.136. The molecule has 2 N–H and O–H groups in total. The van der Waals surface area contributed by atoms with Crippen molar-refractivity contribution in [3.05, 3.63) is 95.8 Å². The van der Waals surface area contributed by atoms with Crippen molar-refractivity contribution < 1.29 is 19.1 Å². The Morgan fingerprint density at radius 2 is 1.57 bits per heavy atom. The zero-order valence-electron chi connectivity index (χ0n) is 15.1. The number of hydrogen-bond donors (Lipinski definition) is 2. The molecule has 6 nitrogen and oxygen atoms in total. The van der Waals surface area contributed by atoms with Crippen molar-refractivity contribution in [1.29, 1.82) is 0 Å². The number of nitrogens with one attached hydrogen (secondary N) is 2. The Balaban J connectivity index is 1.68. The van der Waals surface area contributed by atoms with E-state index >= 15 is 0 Å². The molecule has 1 amide bonds. The SMILES string of the molecule is O=C(N[C@@H](Cc1ccccc1)C(=O)OCC(=O)c1ccc[nH]1)c1ccccc1. The van der Waals surface area contributed by atoms with Crippen LogP contribution >= 0.6 is 0 Å². The number of ether oxygens (including phenoxy) is 1. The Morgan fingerprint density at radius 3 is 2.21 bits per heavy atom. The fourth-order valence-electron chi connectivity index (χ4n) is 2.69. The second-order valence-corrected chi connectivity index (χ2v) is 6.20. The number of Topliss-reactive ketones (excluding diaryl/α,β-unsaturated/α-hetero) is 1. The van der Waals surface area contributed by atoms with E-state index in [1.165, 1.54) is 0 Å². The van der Waals surface area contributed by atoms with Gasteiger partial charge in [0.15, 0.2) is 6.61 Å². The first-order valence-electron chi connectivity index (χ1n) is 8.86. The minimum absolute atomic E-state index is 0.259. The van der Waals surface area contributed by atoms with Crippen molar-refractivity contribution in [1.82, 2.24) is 10.3 Å². The molecule has 1 atom stereocenters. The summed E-state index contributed by atoms with van der Waals surface area (Å²) in [4.78, 5) is 39.9. The number of amides is 1. The zero-order valence-corrected chi connectivity index (χ0v) is 15.1. The average Bonchev–Trinajstić information content (AvgIpc) is 3.27. The number of aromatic amines is 1. The van der Waals surface area contributed by atoms with Crippen LogP contribution in [0.3, 0.4) is 0 Å². The predicted octanol–water partition coefficient (Wildman–Crippen LogP) is 2.78. The van der Waals surface area contributed by atoms with Crippen molar-refractivity contribution in [3.63, 3.8) is 0 Å². The van der Waals surface area contributed by atoms with Gasteiger partial charge in [-0.1, -0.05) is 48.5 Å². The lowest BCUT2D eigenvalue weighted by Gasteiger charge is -2.18. The second kappa shape index (κ2) is 9.32. The molecule has 142 valence electrons. The van der Waals surface area contributed by atoms with E-state index in [0.29, 0.717) is 11.3 Å². The summed E-state index contributed by atoms with van der Waals surface area (Å²) in [6, 6.07) is 20.3. The lowest BCUT2D eigenvalue weighted by Crippen LogP contribution is -2.43. The van der Waals surface area contributed by atoms with Gasteiger partial charge in [-0.05, 0) is 29.8 Å². The molecule has 2 aromatic carbocycles. The number of carbonyl (C=O) groups is 3. The van der Waals surface area contributed by atoms with Crippen LogP contribution in [0.15, 0.2) is 79.0 Å². The van der Waals surface area contributed by atoms with Gasteiger partial charge in [-0.2, -0.15) is 0 Å². The molecule has 0 bridgehead atoms. The third-order valence-electron chi connectivity index (χ3n) is 4.15. The molecule has 0 unspecified atom stereocenters. The van der Waals surface area contributed by atoms with Crippen molar-refractivity contribution in [2.45, 2.75) is 12.5 Å². The van der Waals surface area contributed by atoms with Crippen molar-refractivity contribution >= 4 is 17.7 Å². The molecule has 0 spiro atoms. The summed E-state index contributed by atoms with van der Waals surface area (Å²) in [5.74, 6) is -1.38. The van der Waals surface area contributed by atoms with Crippen LogP contribution in [-0.2, 0) is 16.0 Å². The number of rotatable bonds is 8. The predicted molar refractivity (Wildman–Crippen MR) is 104 cm³/mol. The van der Waals surface area contributed by atoms with E-state index in [0.717, 1.165) is 5.56 Å². The van der Waals surface area contributed by atoms with Gasteiger partial charge < -0.3 is 15.0 Å². The molecule has 28 heavy (non-hydrogen) atoms. The number of ketones is 1. The maximum absolute atomic E-state index is 12.6. The third-order valence-corrected chi connectivity index (χ3v) is 4.15. The molecule has 0 aliphatic rings. The Hall–Kier alpha value is -3.67. The number of carbonyl (C=O) groups excluding carboxylic acids is 3. The molecule has 1 aromatic heterocycles. The van der Waals surface area contributed by atoms with Gasteiger partial charge in [-0.25, -0.2) is 4.79 Å². The maximum Gasteiger partial charge on any atom is 0.329 e. The van der Waals surface area contributed by atoms with Crippen LogP contribution in [0, 0.1) is 0 Å². The van der Waals surface area contributed by atoms with E-state index in [2.05, 4.69) is 10.3 Å². The molecule has 0 saturated carbocycles. The van der Waals surface area contributed by atoms with E-state index < -0.39 is 18.6 Å². The van der Waals surface area contributed by atoms with Gasteiger partial charge in [-0.15, -0.1) is 0 Å². The van der Waals surface area contributed by atoms with E-state index in [1.807, 2.05) is 30.3 Å². The van der Waals surface area contributed by atoms with Gasteiger partial charge in [0, 0.05) is 18.2 Å². The smallest absolute Gasteiger partial charge is 0.329 e. The first kappa shape index (κ1) is 19.1. The summed E-state index contributed by atoms with van der Waals surface area (Å²) in [5.41, 5.74) is 1.67. The van der Waals surface area contributed by atoms with Gasteiger partial charge in [0.25, 0.3) is 5.91 Å². The molecule has 3 aromatic rings. The van der Waals surface area contributed by atoms with Crippen LogP contribution < -0.4 is 5.32 Å². The third kappa shape index (κ3) is 5.17. The molecule has 1 heterocycles. The minimum atomic E-state index is -0.911. The molecular weight excluding hydrogens is 356 g/mol. The summed E-state index contributed by atoms with van der Waals surface area (Å²) >= 11 is 0. The minimum Gasteiger partial charge on any atom is -0.456 e. The highest BCUT2D eigenvalue weighted by molar-refractivity contribution is 5.98. The molecule has 0 radical (unpaired) electrons. The maximum atomic E-state index is 12.6. The topological polar surface area (TPSA) is 88.3 Å². The number of hydrogen-bond acceptors (Lipinski definition) is 4. The van der Waals surface area contributed by atoms with Gasteiger partial charge in [0.05, 0.1) is 5.69 Å². The van der Waals surface area contributed by atoms with Crippen LogP contribution in [0.5, 0.6) is 0 Å². The van der Waals surface area contributed by atoms with E-state index in [4.69, 9.17) is 4.74 Å². The summed E-state index contributed by atoms with van der Waals surface area (Å²) in [6.07, 6.45) is 1.88. The molecule has 3 rings (SSSR count). The van der Waals surface area contributed by atoms with Gasteiger partial charge >= 0.3 is 5.97 Å². The lowest BCUT2D eigenvalue weighted by atomic mass is 10.1. The highest BCUT2D eigenvalue weighted by Gasteiger charge is 2.24. The standard InChI is InChI=1S/C22H20N2O4/c25-20(18-12-7-13-23-18)15-28-22(27)19(14-16-8-3-1-4-9-16)24-21(26)17-10-5-2-6-11-17/h1-13,19,23H,14-15H2,(H,24,26)/t19-/m0/s1. The first-order chi connectivity index (χ1) is 13.6. The molecule has 0 fully saturated rings. The summed E-state index contributed by atoms with van der Waals surface area (Å²) in [5, 5.41) is 2.71. The number of H-pyrrole nitrogens is 1. The molecule has 0 aliphatic carbocycles. The van der Waals surface area contributed by atoms with Gasteiger partial charge in [-0.3, -0.25) is 9.59 Å². The molecule has 0 saturated heterocycles. The van der Waals surface area contributed by atoms with Crippen LogP contribution in [0.2, 0.25) is 0 Å². The Morgan fingerprint density at radius 1 is 0.893 bits per heavy atom. The molecule has 6 heteroatoms. The Kier molecular flexibility index (Phi) is 6.36. The van der Waals surface area contributed by atoms with Crippen molar-refractivity contribution in [2.75, 3.05) is 6.61 Å². The van der Waals surface area contributed by atoms with Crippen LogP contribution in [0.25, 0.3) is 0 Å². The average molecular weight is 376 g/mol. The normalized spacial score (nSPS) is 11.4. The van der Waals surface area contributed by atoms with Gasteiger partial charge in [0.2, 0.25) is 5.78 Å². The highest BCUT2D eigenvalue weighted by atomic mass is 16.5. The Labute approximate surface area is 162 Å². The fourth-order valence-corrected chi connectivity index (χ4v) is 2.69. The largest absolute Gasteiger partial charge is 0.456 e. The number of aromatic nitrogens is 1. The second-order valence-electron chi connectivity index (χ2n) is 6.20. The Bertz CT molecular complexity index is 922. The molecular formula is C22H20N2O4. The monoisotopic (exact) mass is 376 g/mol. The van der Waals surface area contributed by atoms with E-state index in [1.54, 1.807) is 48.7 Å². The first-order valence-corrected chi connectivity index (χ1v) is 8.86. The summed E-state index contributed by atoms with van der Waals surface area (Å²) in [7, 11) is 0. The van der Waals surface area contributed by atoms with Crippen molar-refractivity contribution in [3.8, 4) is 0 Å². The quantitative estimate of drug-likeness (QED) is 0.467. The van der Waals surface area contributed by atoms with E-state index in [-0.39, 0.29) is 18.1 Å². The van der Waals surface area contributed by atoms with Crippen LogP contribution in [0.1, 0.15) is 26.4 Å².